The summed E-state index contributed by atoms with van der Waals surface area (Å²) in [5.74, 6) is -0.191. The van der Waals surface area contributed by atoms with Crippen molar-refractivity contribution < 1.29 is 4.39 Å². The minimum atomic E-state index is -0.191. The average molecular weight is 196 g/mol. The third-order valence-electron chi connectivity index (χ3n) is 1.97. The van der Waals surface area contributed by atoms with E-state index in [4.69, 9.17) is 5.73 Å². The van der Waals surface area contributed by atoms with Gasteiger partial charge in [0, 0.05) is 19.1 Å². The number of benzene rings is 1. The van der Waals surface area contributed by atoms with Gasteiger partial charge in [-0.25, -0.2) is 4.39 Å². The van der Waals surface area contributed by atoms with Crippen molar-refractivity contribution in [1.29, 1.82) is 0 Å². The zero-order chi connectivity index (χ0) is 10.6. The van der Waals surface area contributed by atoms with Crippen LogP contribution < -0.4 is 5.73 Å². The first-order valence-corrected chi connectivity index (χ1v) is 4.76. The summed E-state index contributed by atoms with van der Waals surface area (Å²) in [4.78, 5) is 2.12. The average Bonchev–Trinajstić information content (AvgIpc) is 2.07. The number of likely N-dealkylation sites (N-methyl/N-ethyl adjacent to an activating group) is 1. The van der Waals surface area contributed by atoms with Gasteiger partial charge in [0.2, 0.25) is 0 Å². The van der Waals surface area contributed by atoms with Gasteiger partial charge in [0.25, 0.3) is 0 Å². The number of hydrogen-bond donors (Lipinski definition) is 1. The molecule has 0 saturated carbocycles. The Morgan fingerprint density at radius 1 is 1.36 bits per heavy atom. The van der Waals surface area contributed by atoms with E-state index in [0.29, 0.717) is 0 Å². The van der Waals surface area contributed by atoms with Gasteiger partial charge in [0.1, 0.15) is 5.82 Å². The minimum Gasteiger partial charge on any atom is -0.327 e. The first kappa shape index (κ1) is 11.1. The molecule has 0 amide bonds. The quantitative estimate of drug-likeness (QED) is 0.792. The summed E-state index contributed by atoms with van der Waals surface area (Å²) in [7, 11) is 2.01. The molecule has 0 aliphatic rings. The fourth-order valence-corrected chi connectivity index (χ4v) is 1.46. The molecule has 1 aromatic carbocycles. The highest BCUT2D eigenvalue weighted by molar-refractivity contribution is 5.15. The molecular weight excluding hydrogens is 179 g/mol. The van der Waals surface area contributed by atoms with E-state index < -0.39 is 0 Å². The minimum absolute atomic E-state index is 0.167. The Bertz CT molecular complexity index is 269. The first-order chi connectivity index (χ1) is 6.58. The maximum absolute atomic E-state index is 12.6. The number of halogens is 1. The van der Waals surface area contributed by atoms with Gasteiger partial charge in [0.15, 0.2) is 0 Å². The third kappa shape index (κ3) is 3.85. The molecule has 0 fully saturated rings. The molecule has 0 radical (unpaired) electrons. The lowest BCUT2D eigenvalue weighted by molar-refractivity contribution is 0.310. The Morgan fingerprint density at radius 3 is 2.43 bits per heavy atom. The van der Waals surface area contributed by atoms with Crippen molar-refractivity contribution in [3.05, 3.63) is 35.6 Å². The van der Waals surface area contributed by atoms with Crippen LogP contribution in [0.5, 0.6) is 0 Å². The molecule has 0 spiro atoms. The predicted octanol–water partition coefficient (Wildman–Crippen LogP) is 1.60. The normalized spacial score (nSPS) is 13.2. The Morgan fingerprint density at radius 2 is 1.93 bits per heavy atom. The van der Waals surface area contributed by atoms with Gasteiger partial charge in [-0.1, -0.05) is 12.1 Å². The molecule has 0 unspecified atom stereocenters. The van der Waals surface area contributed by atoms with Crippen LogP contribution in [0.25, 0.3) is 0 Å². The molecule has 0 bridgehead atoms. The Balaban J connectivity index is 2.47. The highest BCUT2D eigenvalue weighted by Crippen LogP contribution is 2.05. The second-order valence-electron chi connectivity index (χ2n) is 3.80. The molecule has 1 rings (SSSR count). The smallest absolute Gasteiger partial charge is 0.123 e. The summed E-state index contributed by atoms with van der Waals surface area (Å²) in [6, 6.07) is 6.73. The highest BCUT2D eigenvalue weighted by Gasteiger charge is 2.02. The molecular formula is C11H17FN2. The molecule has 0 aliphatic heterocycles. The van der Waals surface area contributed by atoms with E-state index >= 15 is 0 Å². The molecule has 2 nitrogen and oxygen atoms in total. The molecule has 0 aliphatic carbocycles. The van der Waals surface area contributed by atoms with E-state index in [2.05, 4.69) is 4.90 Å². The van der Waals surface area contributed by atoms with E-state index in [0.717, 1.165) is 18.7 Å². The largest absolute Gasteiger partial charge is 0.327 e. The number of nitrogens with two attached hydrogens (primary N) is 1. The molecule has 0 saturated heterocycles. The zero-order valence-electron chi connectivity index (χ0n) is 8.70. The molecule has 78 valence electrons. The van der Waals surface area contributed by atoms with Crippen molar-refractivity contribution in [3.8, 4) is 0 Å². The van der Waals surface area contributed by atoms with Gasteiger partial charge < -0.3 is 10.6 Å². The van der Waals surface area contributed by atoms with Gasteiger partial charge in [0.05, 0.1) is 0 Å². The van der Waals surface area contributed by atoms with Crippen LogP contribution in [0, 0.1) is 5.82 Å². The van der Waals surface area contributed by atoms with Crippen molar-refractivity contribution >= 4 is 0 Å². The monoisotopic (exact) mass is 196 g/mol. The first-order valence-electron chi connectivity index (χ1n) is 4.76. The second-order valence-corrected chi connectivity index (χ2v) is 3.80. The number of rotatable bonds is 4. The third-order valence-corrected chi connectivity index (χ3v) is 1.97. The van der Waals surface area contributed by atoms with Gasteiger partial charge in [-0.3, -0.25) is 0 Å². The molecule has 2 N–H and O–H groups in total. The van der Waals surface area contributed by atoms with E-state index in [1.54, 1.807) is 12.1 Å². The van der Waals surface area contributed by atoms with Crippen molar-refractivity contribution in [3.63, 3.8) is 0 Å². The van der Waals surface area contributed by atoms with Crippen molar-refractivity contribution in [2.45, 2.75) is 19.5 Å². The second kappa shape index (κ2) is 5.08. The van der Waals surface area contributed by atoms with Crippen LogP contribution in [0.15, 0.2) is 24.3 Å². The van der Waals surface area contributed by atoms with Crippen molar-refractivity contribution in [1.82, 2.24) is 4.90 Å². The van der Waals surface area contributed by atoms with Gasteiger partial charge in [-0.15, -0.1) is 0 Å². The fourth-order valence-electron chi connectivity index (χ4n) is 1.46. The summed E-state index contributed by atoms with van der Waals surface area (Å²) in [6.07, 6.45) is 0. The summed E-state index contributed by atoms with van der Waals surface area (Å²) < 4.78 is 12.6. The van der Waals surface area contributed by atoms with Gasteiger partial charge >= 0.3 is 0 Å². The summed E-state index contributed by atoms with van der Waals surface area (Å²) >= 11 is 0. The maximum atomic E-state index is 12.6. The molecule has 1 atom stereocenters. The molecule has 14 heavy (non-hydrogen) atoms. The van der Waals surface area contributed by atoms with Gasteiger partial charge in [-0.05, 0) is 31.7 Å². The van der Waals surface area contributed by atoms with Gasteiger partial charge in [-0.2, -0.15) is 0 Å². The SMILES string of the molecule is C[C@H](N)CN(C)Cc1ccc(F)cc1. The van der Waals surface area contributed by atoms with Crippen LogP contribution in [0.1, 0.15) is 12.5 Å². The van der Waals surface area contributed by atoms with E-state index in [1.807, 2.05) is 14.0 Å². The predicted molar refractivity (Wildman–Crippen MR) is 56.4 cm³/mol. The summed E-state index contributed by atoms with van der Waals surface area (Å²) in [5.41, 5.74) is 6.78. The van der Waals surface area contributed by atoms with Crippen LogP contribution in [-0.4, -0.2) is 24.5 Å². The number of nitrogens with zero attached hydrogens (tertiary/aromatic N) is 1. The Kier molecular flexibility index (Phi) is 4.04. The van der Waals surface area contributed by atoms with Crippen LogP contribution >= 0.6 is 0 Å². The zero-order valence-corrected chi connectivity index (χ0v) is 8.70. The lowest BCUT2D eigenvalue weighted by Gasteiger charge is -2.18. The van der Waals surface area contributed by atoms with Crippen molar-refractivity contribution in [2.24, 2.45) is 5.73 Å². The molecule has 0 heterocycles. The van der Waals surface area contributed by atoms with Crippen LogP contribution in [-0.2, 0) is 6.54 Å². The molecule has 1 aromatic rings. The van der Waals surface area contributed by atoms with Crippen LogP contribution in [0.2, 0.25) is 0 Å². The summed E-state index contributed by atoms with van der Waals surface area (Å²) in [5, 5.41) is 0. The maximum Gasteiger partial charge on any atom is 0.123 e. The fraction of sp³-hybridized carbons (Fsp3) is 0.455. The Labute approximate surface area is 84.5 Å². The molecule has 3 heteroatoms. The number of hydrogen-bond acceptors (Lipinski definition) is 2. The lowest BCUT2D eigenvalue weighted by atomic mass is 10.2. The molecule has 0 aromatic heterocycles. The Hall–Kier alpha value is -0.930. The standard InChI is InChI=1S/C11H17FN2/c1-9(13)7-14(2)8-10-3-5-11(12)6-4-10/h3-6,9H,7-8,13H2,1-2H3/t9-/m0/s1. The van der Waals surface area contributed by atoms with Crippen molar-refractivity contribution in [2.75, 3.05) is 13.6 Å². The summed E-state index contributed by atoms with van der Waals surface area (Å²) in [6.45, 7) is 3.63. The highest BCUT2D eigenvalue weighted by atomic mass is 19.1. The topological polar surface area (TPSA) is 29.3 Å². The lowest BCUT2D eigenvalue weighted by Crippen LogP contribution is -2.32. The van der Waals surface area contributed by atoms with E-state index in [-0.39, 0.29) is 11.9 Å². The van der Waals surface area contributed by atoms with E-state index in [9.17, 15) is 4.39 Å². The van der Waals surface area contributed by atoms with Crippen LogP contribution in [0.4, 0.5) is 4.39 Å². The van der Waals surface area contributed by atoms with Crippen LogP contribution in [0.3, 0.4) is 0 Å². The van der Waals surface area contributed by atoms with E-state index in [1.165, 1.54) is 12.1 Å².